The molecule has 24 heavy (non-hydrogen) atoms. The largest absolute Gasteiger partial charge is 0.336 e. The van der Waals surface area contributed by atoms with Crippen molar-refractivity contribution in [3.8, 4) is 0 Å². The van der Waals surface area contributed by atoms with Crippen LogP contribution in [0.1, 0.15) is 34.9 Å². The molecule has 4 heterocycles. The molecule has 1 N–H and O–H groups in total. The van der Waals surface area contributed by atoms with Gasteiger partial charge >= 0.3 is 0 Å². The van der Waals surface area contributed by atoms with E-state index in [9.17, 15) is 4.79 Å². The van der Waals surface area contributed by atoms with Crippen molar-refractivity contribution in [2.45, 2.75) is 38.3 Å². The molecule has 1 saturated heterocycles. The summed E-state index contributed by atoms with van der Waals surface area (Å²) in [7, 11) is 0. The van der Waals surface area contributed by atoms with Gasteiger partial charge in [-0.15, -0.1) is 23.7 Å². The summed E-state index contributed by atoms with van der Waals surface area (Å²) < 4.78 is 1.91. The van der Waals surface area contributed by atoms with Crippen LogP contribution in [0.25, 0.3) is 0 Å². The Labute approximate surface area is 152 Å². The number of piperidine rings is 1. The highest BCUT2D eigenvalue weighted by Crippen LogP contribution is 2.25. The molecular formula is C17H23ClN4OS. The molecule has 0 saturated carbocycles. The van der Waals surface area contributed by atoms with Crippen molar-refractivity contribution < 1.29 is 4.79 Å². The van der Waals surface area contributed by atoms with Crippen molar-refractivity contribution in [3.63, 3.8) is 0 Å². The van der Waals surface area contributed by atoms with E-state index in [1.807, 2.05) is 15.8 Å². The quantitative estimate of drug-likeness (QED) is 0.907. The highest BCUT2D eigenvalue weighted by molar-refractivity contribution is 7.10. The van der Waals surface area contributed by atoms with E-state index in [2.05, 4.69) is 27.9 Å². The van der Waals surface area contributed by atoms with Gasteiger partial charge in [-0.05, 0) is 48.9 Å². The van der Waals surface area contributed by atoms with E-state index in [0.717, 1.165) is 32.6 Å². The molecule has 0 aromatic carbocycles. The van der Waals surface area contributed by atoms with Gasteiger partial charge in [-0.25, -0.2) is 0 Å². The van der Waals surface area contributed by atoms with Crippen molar-refractivity contribution in [2.75, 3.05) is 19.6 Å². The molecule has 0 bridgehead atoms. The standard InChI is InChI=1S/C17H22N4OS.ClH/c22-17(20-8-4-16-14(11-20)5-9-23-16)12-21-15(3-7-19-21)13-2-1-6-18-10-13;/h3,5,7,9,13,18H,1-2,4,6,8,10-12H2;1H. The third kappa shape index (κ3) is 3.50. The summed E-state index contributed by atoms with van der Waals surface area (Å²) >= 11 is 1.80. The Bertz CT molecular complexity index is 692. The Morgan fingerprint density at radius 1 is 1.42 bits per heavy atom. The number of aromatic nitrogens is 2. The SMILES string of the molecule is Cl.O=C(Cn1nccc1C1CCCNC1)N1CCc2sccc2C1. The van der Waals surface area contributed by atoms with Crippen LogP contribution < -0.4 is 5.32 Å². The Morgan fingerprint density at radius 3 is 3.17 bits per heavy atom. The number of hydrogen-bond acceptors (Lipinski definition) is 4. The minimum atomic E-state index is 0. The van der Waals surface area contributed by atoms with Gasteiger partial charge in [0.15, 0.2) is 0 Å². The van der Waals surface area contributed by atoms with Gasteiger partial charge < -0.3 is 10.2 Å². The molecule has 1 atom stereocenters. The van der Waals surface area contributed by atoms with Crippen LogP contribution >= 0.6 is 23.7 Å². The fraction of sp³-hybridized carbons (Fsp3) is 0.529. The van der Waals surface area contributed by atoms with E-state index >= 15 is 0 Å². The fourth-order valence-electron chi connectivity index (χ4n) is 3.62. The average Bonchev–Trinajstić information content (AvgIpc) is 3.23. The molecule has 7 heteroatoms. The van der Waals surface area contributed by atoms with Gasteiger partial charge in [0.25, 0.3) is 0 Å². The molecule has 2 aromatic heterocycles. The zero-order chi connectivity index (χ0) is 15.6. The Morgan fingerprint density at radius 2 is 2.33 bits per heavy atom. The lowest BCUT2D eigenvalue weighted by Gasteiger charge is -2.28. The number of rotatable bonds is 3. The van der Waals surface area contributed by atoms with E-state index in [0.29, 0.717) is 12.5 Å². The first-order valence-corrected chi connectivity index (χ1v) is 9.24. The second-order valence-electron chi connectivity index (χ2n) is 6.39. The van der Waals surface area contributed by atoms with Gasteiger partial charge in [0, 0.05) is 42.3 Å². The lowest BCUT2D eigenvalue weighted by molar-refractivity contribution is -0.133. The molecular weight excluding hydrogens is 344 g/mol. The summed E-state index contributed by atoms with van der Waals surface area (Å²) in [6.07, 6.45) is 5.17. The van der Waals surface area contributed by atoms with Gasteiger partial charge in [0.1, 0.15) is 6.54 Å². The summed E-state index contributed by atoms with van der Waals surface area (Å²) in [5, 5.41) is 9.97. The van der Waals surface area contributed by atoms with E-state index in [-0.39, 0.29) is 18.3 Å². The van der Waals surface area contributed by atoms with Crippen molar-refractivity contribution in [3.05, 3.63) is 39.8 Å². The van der Waals surface area contributed by atoms with E-state index in [1.165, 1.54) is 29.0 Å². The Balaban J connectivity index is 0.00000169. The van der Waals surface area contributed by atoms with Crippen molar-refractivity contribution >= 4 is 29.7 Å². The normalized spacial score (nSPS) is 20.3. The van der Waals surface area contributed by atoms with Gasteiger partial charge in [0.05, 0.1) is 0 Å². The maximum Gasteiger partial charge on any atom is 0.244 e. The molecule has 1 fully saturated rings. The molecule has 130 valence electrons. The minimum Gasteiger partial charge on any atom is -0.336 e. The maximum atomic E-state index is 12.7. The number of fused-ring (bicyclic) bond motifs is 1. The summed E-state index contributed by atoms with van der Waals surface area (Å²) in [4.78, 5) is 16.1. The van der Waals surface area contributed by atoms with Crippen LogP contribution in [-0.4, -0.2) is 40.2 Å². The van der Waals surface area contributed by atoms with Crippen LogP contribution in [0.15, 0.2) is 23.7 Å². The number of thiophene rings is 1. The molecule has 2 aliphatic heterocycles. The predicted molar refractivity (Wildman–Crippen MR) is 97.8 cm³/mol. The topological polar surface area (TPSA) is 50.2 Å². The van der Waals surface area contributed by atoms with E-state index in [1.54, 1.807) is 11.3 Å². The third-order valence-corrected chi connectivity index (χ3v) is 5.93. The number of amides is 1. The zero-order valence-corrected chi connectivity index (χ0v) is 15.2. The second kappa shape index (κ2) is 7.68. The van der Waals surface area contributed by atoms with Crippen molar-refractivity contribution in [1.29, 1.82) is 0 Å². The smallest absolute Gasteiger partial charge is 0.244 e. The first kappa shape index (κ1) is 17.5. The number of carbonyl (C=O) groups excluding carboxylic acids is 1. The van der Waals surface area contributed by atoms with Crippen LogP contribution in [0.4, 0.5) is 0 Å². The maximum absolute atomic E-state index is 12.7. The minimum absolute atomic E-state index is 0. The lowest BCUT2D eigenvalue weighted by Crippen LogP contribution is -2.38. The van der Waals surface area contributed by atoms with Gasteiger partial charge in [-0.1, -0.05) is 0 Å². The zero-order valence-electron chi connectivity index (χ0n) is 13.6. The van der Waals surface area contributed by atoms with Crippen molar-refractivity contribution in [1.82, 2.24) is 20.0 Å². The molecule has 4 rings (SSSR count). The highest BCUT2D eigenvalue weighted by atomic mass is 35.5. The summed E-state index contributed by atoms with van der Waals surface area (Å²) in [6, 6.07) is 4.21. The second-order valence-corrected chi connectivity index (χ2v) is 7.39. The van der Waals surface area contributed by atoms with Crippen LogP contribution in [0.2, 0.25) is 0 Å². The molecule has 0 radical (unpaired) electrons. The number of nitrogens with one attached hydrogen (secondary N) is 1. The predicted octanol–water partition coefficient (Wildman–Crippen LogP) is 2.42. The summed E-state index contributed by atoms with van der Waals surface area (Å²) in [5.74, 6) is 0.652. The molecule has 2 aliphatic rings. The van der Waals surface area contributed by atoms with Crippen LogP contribution in [0.3, 0.4) is 0 Å². The molecule has 0 aliphatic carbocycles. The van der Waals surface area contributed by atoms with Crippen LogP contribution in [0.5, 0.6) is 0 Å². The van der Waals surface area contributed by atoms with Crippen molar-refractivity contribution in [2.24, 2.45) is 0 Å². The number of nitrogens with zero attached hydrogens (tertiary/aromatic N) is 3. The summed E-state index contributed by atoms with van der Waals surface area (Å²) in [5.41, 5.74) is 2.51. The molecule has 2 aromatic rings. The monoisotopic (exact) mass is 366 g/mol. The lowest BCUT2D eigenvalue weighted by atomic mass is 9.96. The highest BCUT2D eigenvalue weighted by Gasteiger charge is 2.24. The average molecular weight is 367 g/mol. The Hall–Kier alpha value is -1.37. The number of halogens is 1. The molecule has 0 spiro atoms. The number of carbonyl (C=O) groups is 1. The molecule has 1 unspecified atom stereocenters. The molecule has 1 amide bonds. The third-order valence-electron chi connectivity index (χ3n) is 4.91. The van der Waals surface area contributed by atoms with Crippen LogP contribution in [0, 0.1) is 0 Å². The first-order chi connectivity index (χ1) is 11.3. The van der Waals surface area contributed by atoms with Gasteiger partial charge in [-0.3, -0.25) is 9.48 Å². The van der Waals surface area contributed by atoms with Gasteiger partial charge in [0.2, 0.25) is 5.91 Å². The van der Waals surface area contributed by atoms with Crippen LogP contribution in [-0.2, 0) is 24.3 Å². The van der Waals surface area contributed by atoms with Gasteiger partial charge in [-0.2, -0.15) is 5.10 Å². The Kier molecular flexibility index (Phi) is 5.58. The summed E-state index contributed by atoms with van der Waals surface area (Å²) in [6.45, 7) is 4.02. The van der Waals surface area contributed by atoms with E-state index < -0.39 is 0 Å². The first-order valence-electron chi connectivity index (χ1n) is 8.37. The molecule has 5 nitrogen and oxygen atoms in total. The van der Waals surface area contributed by atoms with E-state index in [4.69, 9.17) is 0 Å². The number of hydrogen-bond donors (Lipinski definition) is 1. The fourth-order valence-corrected chi connectivity index (χ4v) is 4.51.